The minimum atomic E-state index is 0.749. The van der Waals surface area contributed by atoms with Crippen molar-refractivity contribution in [1.29, 1.82) is 0 Å². The van der Waals surface area contributed by atoms with Crippen molar-refractivity contribution in [2.24, 2.45) is 0 Å². The number of nitrogens with zero attached hydrogens (tertiary/aromatic N) is 1. The van der Waals surface area contributed by atoms with Crippen LogP contribution in [0.1, 0.15) is 0 Å². The van der Waals surface area contributed by atoms with Crippen molar-refractivity contribution in [2.75, 3.05) is 4.90 Å². The van der Waals surface area contributed by atoms with Crippen molar-refractivity contribution in [3.63, 3.8) is 0 Å². The predicted octanol–water partition coefficient (Wildman–Crippen LogP) is 5.62. The fourth-order valence-corrected chi connectivity index (χ4v) is 3.21. The van der Waals surface area contributed by atoms with Gasteiger partial charge >= 0.3 is 0 Å². The molecular weight excluding hydrogens is 313 g/mol. The molecule has 1 nitrogen and oxygen atoms in total. The smallest absolute Gasteiger partial charge is 0.116 e. The van der Waals surface area contributed by atoms with Crippen LogP contribution in [0.15, 0.2) is 109 Å². The Kier molecular flexibility index (Phi) is 4.57. The summed E-state index contributed by atoms with van der Waals surface area (Å²) in [5, 5.41) is 0. The van der Waals surface area contributed by atoms with Gasteiger partial charge in [-0.05, 0) is 29.8 Å². The Hall–Kier alpha value is -3.26. The van der Waals surface area contributed by atoms with E-state index in [9.17, 15) is 0 Å². The third-order valence-electron chi connectivity index (χ3n) is 4.42. The van der Waals surface area contributed by atoms with Gasteiger partial charge in [-0.3, -0.25) is 0 Å². The van der Waals surface area contributed by atoms with Gasteiger partial charge in [0.25, 0.3) is 0 Å². The van der Waals surface area contributed by atoms with Gasteiger partial charge in [0.2, 0.25) is 0 Å². The first kappa shape index (κ1) is 16.2. The number of hydrogen-bond donors (Lipinski definition) is 0. The quantitative estimate of drug-likeness (QED) is 0.439. The van der Waals surface area contributed by atoms with E-state index in [1.54, 1.807) is 0 Å². The second-order valence-corrected chi connectivity index (χ2v) is 6.11. The molecule has 0 bridgehead atoms. The lowest BCUT2D eigenvalue weighted by Crippen LogP contribution is -2.19. The summed E-state index contributed by atoms with van der Waals surface area (Å²) in [5.41, 5.74) is 6.25. The van der Waals surface area contributed by atoms with E-state index in [2.05, 4.69) is 71.6 Å². The zero-order chi connectivity index (χ0) is 17.8. The van der Waals surface area contributed by atoms with Crippen LogP contribution >= 0.6 is 0 Å². The van der Waals surface area contributed by atoms with Gasteiger partial charge in [0.1, 0.15) is 7.85 Å². The fraction of sp³-hybridized carbons (Fsp3) is 0. The molecule has 0 aliphatic rings. The third-order valence-corrected chi connectivity index (χ3v) is 4.42. The van der Waals surface area contributed by atoms with E-state index in [0.29, 0.717) is 0 Å². The lowest BCUT2D eigenvalue weighted by atomic mass is 9.92. The minimum absolute atomic E-state index is 0.749. The van der Waals surface area contributed by atoms with Crippen molar-refractivity contribution < 1.29 is 0 Å². The molecule has 0 atom stereocenters. The molecule has 4 aromatic rings. The SMILES string of the molecule is [B]c1ccccc1N(c1ccccc1)c1ccccc1-c1ccccc1. The summed E-state index contributed by atoms with van der Waals surface area (Å²) in [6.07, 6.45) is 0. The van der Waals surface area contributed by atoms with E-state index < -0.39 is 0 Å². The Morgan fingerprint density at radius 1 is 0.500 bits per heavy atom. The zero-order valence-corrected chi connectivity index (χ0v) is 14.4. The van der Waals surface area contributed by atoms with E-state index in [1.165, 1.54) is 11.1 Å². The van der Waals surface area contributed by atoms with Crippen LogP contribution < -0.4 is 10.4 Å². The monoisotopic (exact) mass is 331 g/mol. The van der Waals surface area contributed by atoms with E-state index in [1.807, 2.05) is 42.5 Å². The number of rotatable bonds is 4. The second-order valence-electron chi connectivity index (χ2n) is 6.11. The average Bonchev–Trinajstić information content (AvgIpc) is 2.72. The van der Waals surface area contributed by atoms with Gasteiger partial charge in [-0.25, -0.2) is 0 Å². The number of anilines is 3. The first-order valence-corrected chi connectivity index (χ1v) is 8.69. The Morgan fingerprint density at radius 2 is 1.04 bits per heavy atom. The molecular formula is C24H18BN. The second kappa shape index (κ2) is 7.32. The summed E-state index contributed by atoms with van der Waals surface area (Å²) in [5.74, 6) is 0. The molecule has 122 valence electrons. The highest BCUT2D eigenvalue weighted by Crippen LogP contribution is 2.39. The van der Waals surface area contributed by atoms with Crippen LogP contribution in [-0.4, -0.2) is 7.85 Å². The van der Waals surface area contributed by atoms with Gasteiger partial charge in [-0.15, -0.1) is 0 Å². The maximum atomic E-state index is 6.34. The third kappa shape index (κ3) is 3.14. The van der Waals surface area contributed by atoms with Crippen LogP contribution in [0.5, 0.6) is 0 Å². The average molecular weight is 331 g/mol. The molecule has 0 fully saturated rings. The molecule has 0 unspecified atom stereocenters. The molecule has 2 heteroatoms. The zero-order valence-electron chi connectivity index (χ0n) is 14.4. The number of hydrogen-bond acceptors (Lipinski definition) is 1. The molecule has 4 rings (SSSR count). The Balaban J connectivity index is 1.96. The minimum Gasteiger partial charge on any atom is -0.310 e. The summed E-state index contributed by atoms with van der Waals surface area (Å²) in [7, 11) is 6.34. The van der Waals surface area contributed by atoms with Crippen LogP contribution in [0, 0.1) is 0 Å². The topological polar surface area (TPSA) is 3.24 Å². The van der Waals surface area contributed by atoms with Gasteiger partial charge < -0.3 is 4.90 Å². The first-order chi connectivity index (χ1) is 12.8. The highest BCUT2D eigenvalue weighted by molar-refractivity contribution is 6.36. The van der Waals surface area contributed by atoms with Crippen LogP contribution in [0.2, 0.25) is 0 Å². The van der Waals surface area contributed by atoms with Crippen LogP contribution in [0.4, 0.5) is 17.1 Å². The van der Waals surface area contributed by atoms with Gasteiger partial charge in [-0.2, -0.15) is 0 Å². The van der Waals surface area contributed by atoms with Crippen molar-refractivity contribution in [3.05, 3.63) is 109 Å². The van der Waals surface area contributed by atoms with Crippen molar-refractivity contribution >= 4 is 30.4 Å². The normalized spacial score (nSPS) is 10.5. The molecule has 2 radical (unpaired) electrons. The van der Waals surface area contributed by atoms with Gasteiger partial charge in [0, 0.05) is 16.9 Å². The molecule has 0 saturated carbocycles. The maximum Gasteiger partial charge on any atom is 0.116 e. The lowest BCUT2D eigenvalue weighted by Gasteiger charge is -2.29. The molecule has 26 heavy (non-hydrogen) atoms. The molecule has 0 N–H and O–H groups in total. The van der Waals surface area contributed by atoms with Crippen LogP contribution in [0.3, 0.4) is 0 Å². The van der Waals surface area contributed by atoms with Crippen molar-refractivity contribution in [1.82, 2.24) is 0 Å². The Bertz CT molecular complexity index is 997. The van der Waals surface area contributed by atoms with Crippen LogP contribution in [-0.2, 0) is 0 Å². The van der Waals surface area contributed by atoms with Gasteiger partial charge in [0.05, 0.1) is 5.69 Å². The summed E-state index contributed by atoms with van der Waals surface area (Å²) >= 11 is 0. The molecule has 0 amide bonds. The summed E-state index contributed by atoms with van der Waals surface area (Å²) < 4.78 is 0. The highest BCUT2D eigenvalue weighted by Gasteiger charge is 2.17. The molecule has 0 aromatic heterocycles. The molecule has 0 saturated heterocycles. The van der Waals surface area contributed by atoms with E-state index >= 15 is 0 Å². The number of para-hydroxylation sites is 3. The Labute approximate surface area is 156 Å². The molecule has 4 aromatic carbocycles. The lowest BCUT2D eigenvalue weighted by molar-refractivity contribution is 1.29. The predicted molar refractivity (Wildman–Crippen MR) is 112 cm³/mol. The van der Waals surface area contributed by atoms with Gasteiger partial charge in [-0.1, -0.05) is 90.4 Å². The molecule has 0 spiro atoms. The van der Waals surface area contributed by atoms with E-state index in [0.717, 1.165) is 22.5 Å². The summed E-state index contributed by atoms with van der Waals surface area (Å²) in [6, 6.07) is 37.2. The van der Waals surface area contributed by atoms with Crippen molar-refractivity contribution in [2.45, 2.75) is 0 Å². The summed E-state index contributed by atoms with van der Waals surface area (Å²) in [6.45, 7) is 0. The standard InChI is InChI=1S/C24H18BN/c25-22-16-8-10-18-24(22)26(20-13-5-2-6-14-20)23-17-9-7-15-21(23)19-11-3-1-4-12-19/h1-18H. The number of benzene rings is 4. The van der Waals surface area contributed by atoms with Crippen LogP contribution in [0.25, 0.3) is 11.1 Å². The largest absolute Gasteiger partial charge is 0.310 e. The summed E-state index contributed by atoms with van der Waals surface area (Å²) in [4.78, 5) is 2.22. The first-order valence-electron chi connectivity index (χ1n) is 8.69. The molecule has 0 aliphatic carbocycles. The molecule has 0 heterocycles. The molecule has 0 aliphatic heterocycles. The van der Waals surface area contributed by atoms with Crippen molar-refractivity contribution in [3.8, 4) is 11.1 Å². The highest BCUT2D eigenvalue weighted by atomic mass is 15.1. The van der Waals surface area contributed by atoms with E-state index in [-0.39, 0.29) is 0 Å². The Morgan fingerprint density at radius 3 is 1.73 bits per heavy atom. The van der Waals surface area contributed by atoms with Gasteiger partial charge in [0.15, 0.2) is 0 Å². The van der Waals surface area contributed by atoms with E-state index in [4.69, 9.17) is 7.85 Å². The fourth-order valence-electron chi connectivity index (χ4n) is 3.21. The maximum absolute atomic E-state index is 6.34.